The number of anilines is 1. The molecule has 0 unspecified atom stereocenters. The van der Waals surface area contributed by atoms with Crippen LogP contribution in [0.5, 0.6) is 5.75 Å². The van der Waals surface area contributed by atoms with E-state index in [0.717, 1.165) is 5.69 Å². The lowest BCUT2D eigenvalue weighted by Gasteiger charge is -2.43. The van der Waals surface area contributed by atoms with Gasteiger partial charge in [-0.2, -0.15) is 0 Å². The summed E-state index contributed by atoms with van der Waals surface area (Å²) in [6, 6.07) is 14.4. The fourth-order valence-electron chi connectivity index (χ4n) is 3.59. The van der Waals surface area contributed by atoms with Gasteiger partial charge in [0.2, 0.25) is 0 Å². The number of hydrogen-bond donors (Lipinski definition) is 1. The summed E-state index contributed by atoms with van der Waals surface area (Å²) in [5.74, 6) is 0.642. The molecule has 0 aromatic heterocycles. The van der Waals surface area contributed by atoms with Crippen molar-refractivity contribution >= 4 is 29.1 Å². The predicted molar refractivity (Wildman–Crippen MR) is 100 cm³/mol. The van der Waals surface area contributed by atoms with Crippen molar-refractivity contribution in [2.75, 3.05) is 18.4 Å². The third-order valence-electron chi connectivity index (χ3n) is 5.04. The zero-order chi connectivity index (χ0) is 18.1. The van der Waals surface area contributed by atoms with Gasteiger partial charge in [-0.25, -0.2) is 4.79 Å². The van der Waals surface area contributed by atoms with Crippen molar-refractivity contribution in [1.29, 1.82) is 0 Å². The van der Waals surface area contributed by atoms with Crippen LogP contribution in [0.2, 0.25) is 5.02 Å². The first kappa shape index (κ1) is 16.9. The Balaban J connectivity index is 1.42. The van der Waals surface area contributed by atoms with E-state index in [2.05, 4.69) is 5.32 Å². The fourth-order valence-corrected chi connectivity index (χ4v) is 3.76. The molecule has 2 aliphatic heterocycles. The van der Waals surface area contributed by atoms with Gasteiger partial charge in [-0.15, -0.1) is 0 Å². The van der Waals surface area contributed by atoms with Gasteiger partial charge in [-0.05, 0) is 30.3 Å². The zero-order valence-corrected chi connectivity index (χ0v) is 15.0. The van der Waals surface area contributed by atoms with Gasteiger partial charge in [0.1, 0.15) is 11.4 Å². The largest absolute Gasteiger partial charge is 0.486 e. The maximum Gasteiger partial charge on any atom is 0.321 e. The minimum absolute atomic E-state index is 0.0518. The second kappa shape index (κ2) is 6.65. The van der Waals surface area contributed by atoms with Crippen molar-refractivity contribution < 1.29 is 14.3 Å². The molecule has 1 spiro atoms. The Morgan fingerprint density at radius 2 is 1.85 bits per heavy atom. The number of halogens is 1. The Morgan fingerprint density at radius 3 is 2.58 bits per heavy atom. The minimum Gasteiger partial charge on any atom is -0.486 e. The Hall–Kier alpha value is -2.53. The van der Waals surface area contributed by atoms with Gasteiger partial charge in [0.05, 0.1) is 12.0 Å². The van der Waals surface area contributed by atoms with Crippen molar-refractivity contribution in [3.63, 3.8) is 0 Å². The highest BCUT2D eigenvalue weighted by atomic mass is 35.5. The first-order valence-electron chi connectivity index (χ1n) is 8.67. The molecule has 5 nitrogen and oxygen atoms in total. The number of nitrogens with zero attached hydrogens (tertiary/aromatic N) is 1. The lowest BCUT2D eigenvalue weighted by atomic mass is 9.82. The number of likely N-dealkylation sites (tertiary alicyclic amines) is 1. The second-order valence-corrected chi connectivity index (χ2v) is 7.25. The van der Waals surface area contributed by atoms with E-state index in [4.69, 9.17) is 16.3 Å². The van der Waals surface area contributed by atoms with E-state index in [1.54, 1.807) is 23.1 Å². The number of benzene rings is 2. The predicted octanol–water partition coefficient (Wildman–Crippen LogP) is 4.37. The summed E-state index contributed by atoms with van der Waals surface area (Å²) in [7, 11) is 0. The number of ketones is 1. The van der Waals surface area contributed by atoms with Crippen LogP contribution in [0.25, 0.3) is 0 Å². The van der Waals surface area contributed by atoms with Gasteiger partial charge in [0.15, 0.2) is 5.78 Å². The molecule has 1 saturated heterocycles. The molecule has 2 heterocycles. The molecular formula is C20H19ClN2O3. The van der Waals surface area contributed by atoms with Crippen molar-refractivity contribution in [3.8, 4) is 5.75 Å². The first-order chi connectivity index (χ1) is 12.5. The molecule has 6 heteroatoms. The molecule has 134 valence electrons. The number of fused-ring (bicyclic) bond motifs is 1. The van der Waals surface area contributed by atoms with Gasteiger partial charge in [-0.3, -0.25) is 4.79 Å². The highest BCUT2D eigenvalue weighted by molar-refractivity contribution is 6.31. The van der Waals surface area contributed by atoms with Crippen molar-refractivity contribution in [3.05, 3.63) is 59.1 Å². The molecular weight excluding hydrogens is 352 g/mol. The van der Waals surface area contributed by atoms with Crippen LogP contribution in [-0.4, -0.2) is 35.4 Å². The molecule has 0 saturated carbocycles. The number of hydrogen-bond acceptors (Lipinski definition) is 3. The van der Waals surface area contributed by atoms with E-state index < -0.39 is 5.60 Å². The molecule has 26 heavy (non-hydrogen) atoms. The summed E-state index contributed by atoms with van der Waals surface area (Å²) in [5, 5.41) is 3.43. The van der Waals surface area contributed by atoms with Crippen molar-refractivity contribution in [1.82, 2.24) is 4.90 Å². The topological polar surface area (TPSA) is 58.6 Å². The van der Waals surface area contributed by atoms with Crippen LogP contribution < -0.4 is 10.1 Å². The third-order valence-corrected chi connectivity index (χ3v) is 5.27. The van der Waals surface area contributed by atoms with Gasteiger partial charge in [-0.1, -0.05) is 29.8 Å². The van der Waals surface area contributed by atoms with Gasteiger partial charge < -0.3 is 15.0 Å². The quantitative estimate of drug-likeness (QED) is 0.810. The number of piperidine rings is 1. The van der Waals surface area contributed by atoms with E-state index in [9.17, 15) is 9.59 Å². The average molecular weight is 371 g/mol. The van der Waals surface area contributed by atoms with E-state index in [-0.39, 0.29) is 11.8 Å². The number of carbonyl (C=O) groups is 2. The maximum absolute atomic E-state index is 12.5. The normalized spacial score (nSPS) is 18.2. The van der Waals surface area contributed by atoms with Crippen LogP contribution in [0.1, 0.15) is 29.6 Å². The SMILES string of the molecule is O=C1CC2(CCN(C(=O)Nc3ccccc3)CC2)Oc2ccc(Cl)cc21. The Bertz CT molecular complexity index is 845. The lowest BCUT2D eigenvalue weighted by Crippen LogP contribution is -2.53. The zero-order valence-electron chi connectivity index (χ0n) is 14.2. The van der Waals surface area contributed by atoms with E-state index in [1.165, 1.54) is 0 Å². The average Bonchev–Trinajstić information content (AvgIpc) is 2.64. The maximum atomic E-state index is 12.5. The van der Waals surface area contributed by atoms with Crippen LogP contribution in [0.4, 0.5) is 10.5 Å². The monoisotopic (exact) mass is 370 g/mol. The van der Waals surface area contributed by atoms with Gasteiger partial charge in [0.25, 0.3) is 0 Å². The molecule has 2 aromatic rings. The number of nitrogens with one attached hydrogen (secondary N) is 1. The molecule has 4 rings (SSSR count). The fraction of sp³-hybridized carbons (Fsp3) is 0.300. The van der Waals surface area contributed by atoms with Gasteiger partial charge in [0, 0.05) is 36.6 Å². The molecule has 1 fully saturated rings. The van der Waals surface area contributed by atoms with E-state index in [0.29, 0.717) is 48.7 Å². The molecule has 1 N–H and O–H groups in total. The number of amides is 2. The number of ether oxygens (including phenoxy) is 1. The van der Waals surface area contributed by atoms with Crippen molar-refractivity contribution in [2.45, 2.75) is 24.9 Å². The highest BCUT2D eigenvalue weighted by Crippen LogP contribution is 2.40. The summed E-state index contributed by atoms with van der Waals surface area (Å²) in [6.07, 6.45) is 1.58. The standard InChI is InChI=1S/C20H19ClN2O3/c21-14-6-7-18-16(12-14)17(24)13-20(26-18)8-10-23(11-9-20)19(25)22-15-4-2-1-3-5-15/h1-7,12H,8-11,13H2,(H,22,25). The number of para-hydroxylation sites is 1. The number of urea groups is 1. The van der Waals surface area contributed by atoms with Crippen molar-refractivity contribution in [2.24, 2.45) is 0 Å². The minimum atomic E-state index is -0.526. The molecule has 0 radical (unpaired) electrons. The third kappa shape index (κ3) is 3.27. The van der Waals surface area contributed by atoms with Crippen LogP contribution >= 0.6 is 11.6 Å². The Morgan fingerprint density at radius 1 is 1.12 bits per heavy atom. The molecule has 0 atom stereocenters. The summed E-state index contributed by atoms with van der Waals surface area (Å²) in [4.78, 5) is 26.7. The number of rotatable bonds is 1. The van der Waals surface area contributed by atoms with Crippen LogP contribution in [0, 0.1) is 0 Å². The Kier molecular flexibility index (Phi) is 4.32. The summed E-state index contributed by atoms with van der Waals surface area (Å²) in [6.45, 7) is 1.10. The first-order valence-corrected chi connectivity index (χ1v) is 9.05. The highest BCUT2D eigenvalue weighted by Gasteiger charge is 2.43. The van der Waals surface area contributed by atoms with E-state index in [1.807, 2.05) is 30.3 Å². The summed E-state index contributed by atoms with van der Waals surface area (Å²) >= 11 is 5.98. The summed E-state index contributed by atoms with van der Waals surface area (Å²) < 4.78 is 6.19. The van der Waals surface area contributed by atoms with E-state index >= 15 is 0 Å². The van der Waals surface area contributed by atoms with Crippen LogP contribution in [0.15, 0.2) is 48.5 Å². The smallest absolute Gasteiger partial charge is 0.321 e. The summed E-state index contributed by atoms with van der Waals surface area (Å²) in [5.41, 5.74) is 0.793. The molecule has 2 amide bonds. The second-order valence-electron chi connectivity index (χ2n) is 6.81. The molecule has 0 aliphatic carbocycles. The van der Waals surface area contributed by atoms with Crippen LogP contribution in [0.3, 0.4) is 0 Å². The van der Waals surface area contributed by atoms with Crippen LogP contribution in [-0.2, 0) is 0 Å². The molecule has 0 bridgehead atoms. The Labute approximate surface area is 156 Å². The number of carbonyl (C=O) groups excluding carboxylic acids is 2. The van der Waals surface area contributed by atoms with Gasteiger partial charge >= 0.3 is 6.03 Å². The molecule has 2 aliphatic rings. The lowest BCUT2D eigenvalue weighted by molar-refractivity contribution is 0.000391. The molecule has 2 aromatic carbocycles. The number of Topliss-reactive ketones (excluding diaryl/α,β-unsaturated/α-hetero) is 1.